The molecule has 0 aliphatic heterocycles. The van der Waals surface area contributed by atoms with Crippen molar-refractivity contribution in [3.05, 3.63) is 23.5 Å². The maximum Gasteiger partial charge on any atom is 0.321 e. The van der Waals surface area contributed by atoms with Gasteiger partial charge in [-0.3, -0.25) is 4.79 Å². The second kappa shape index (κ2) is 6.19. The summed E-state index contributed by atoms with van der Waals surface area (Å²) in [5.41, 5.74) is 5.81. The lowest BCUT2D eigenvalue weighted by molar-refractivity contribution is -0.140. The molecule has 0 saturated heterocycles. The number of hydrogen-bond donors (Lipinski definition) is 1. The molecule has 0 unspecified atom stereocenters. The van der Waals surface area contributed by atoms with Crippen molar-refractivity contribution in [2.75, 3.05) is 25.9 Å². The minimum absolute atomic E-state index is 0.00468. The van der Waals surface area contributed by atoms with Crippen molar-refractivity contribution in [1.29, 1.82) is 0 Å². The molecule has 8 heteroatoms. The molecular weight excluding hydrogens is 287 g/mol. The number of aryl methyl sites for hydroxylation is 1. The number of hydrogen-bond acceptors (Lipinski definition) is 5. The molecule has 1 rings (SSSR count). The van der Waals surface area contributed by atoms with E-state index < -0.39 is 33.3 Å². The number of nitrogens with zero attached hydrogens (tertiary/aromatic N) is 1. The topological polar surface area (TPSA) is 89.7 Å². The summed E-state index contributed by atoms with van der Waals surface area (Å²) in [4.78, 5) is 10.7. The van der Waals surface area contributed by atoms with E-state index in [0.29, 0.717) is 0 Å². The molecule has 0 heterocycles. The highest BCUT2D eigenvalue weighted by Gasteiger charge is 2.29. The van der Waals surface area contributed by atoms with Crippen molar-refractivity contribution in [2.24, 2.45) is 0 Å². The maximum atomic E-state index is 14.0. The average Bonchev–Trinajstić information content (AvgIpc) is 2.39. The second-order valence-electron chi connectivity index (χ2n) is 4.16. The second-order valence-corrected chi connectivity index (χ2v) is 6.06. The molecule has 0 atom stereocenters. The summed E-state index contributed by atoms with van der Waals surface area (Å²) >= 11 is 0. The third-order valence-corrected chi connectivity index (χ3v) is 4.67. The van der Waals surface area contributed by atoms with E-state index in [9.17, 15) is 17.6 Å². The SMILES string of the molecule is CCN(CC(=O)OC)S(=O)(=O)c1cc(N)cc(C)c1F. The summed E-state index contributed by atoms with van der Waals surface area (Å²) in [7, 11) is -3.01. The van der Waals surface area contributed by atoms with Crippen LogP contribution < -0.4 is 5.73 Å². The average molecular weight is 304 g/mol. The fourth-order valence-corrected chi connectivity index (χ4v) is 3.23. The van der Waals surface area contributed by atoms with Crippen molar-refractivity contribution < 1.29 is 22.3 Å². The molecule has 0 saturated carbocycles. The van der Waals surface area contributed by atoms with Gasteiger partial charge >= 0.3 is 5.97 Å². The first kappa shape index (κ1) is 16.4. The first-order valence-electron chi connectivity index (χ1n) is 5.86. The molecule has 112 valence electrons. The fourth-order valence-electron chi connectivity index (χ4n) is 1.67. The van der Waals surface area contributed by atoms with Crippen LogP contribution in [0.1, 0.15) is 12.5 Å². The summed E-state index contributed by atoms with van der Waals surface area (Å²) < 4.78 is 44.0. The molecule has 0 spiro atoms. The zero-order valence-corrected chi connectivity index (χ0v) is 12.3. The number of halogens is 1. The van der Waals surface area contributed by atoms with Crippen LogP contribution in [-0.4, -0.2) is 38.9 Å². The minimum Gasteiger partial charge on any atom is -0.468 e. The van der Waals surface area contributed by atoms with Crippen molar-refractivity contribution in [2.45, 2.75) is 18.7 Å². The van der Waals surface area contributed by atoms with Crippen LogP contribution in [0.25, 0.3) is 0 Å². The number of anilines is 1. The molecule has 0 radical (unpaired) electrons. The zero-order valence-electron chi connectivity index (χ0n) is 11.5. The Morgan fingerprint density at radius 3 is 2.55 bits per heavy atom. The highest BCUT2D eigenvalue weighted by molar-refractivity contribution is 7.89. The molecule has 2 N–H and O–H groups in total. The van der Waals surface area contributed by atoms with Gasteiger partial charge in [-0.1, -0.05) is 6.92 Å². The molecule has 0 aliphatic carbocycles. The maximum absolute atomic E-state index is 14.0. The first-order valence-corrected chi connectivity index (χ1v) is 7.30. The van der Waals surface area contributed by atoms with Gasteiger partial charge in [-0.05, 0) is 24.6 Å². The van der Waals surface area contributed by atoms with E-state index in [1.807, 2.05) is 0 Å². The van der Waals surface area contributed by atoms with Crippen molar-refractivity contribution >= 4 is 21.7 Å². The van der Waals surface area contributed by atoms with Crippen LogP contribution in [0.3, 0.4) is 0 Å². The predicted molar refractivity (Wildman–Crippen MR) is 72.0 cm³/mol. The van der Waals surface area contributed by atoms with Gasteiger partial charge in [-0.25, -0.2) is 12.8 Å². The van der Waals surface area contributed by atoms with Crippen molar-refractivity contribution in [3.63, 3.8) is 0 Å². The smallest absolute Gasteiger partial charge is 0.321 e. The van der Waals surface area contributed by atoms with Crippen LogP contribution >= 0.6 is 0 Å². The quantitative estimate of drug-likeness (QED) is 0.645. The fraction of sp³-hybridized carbons (Fsp3) is 0.417. The highest BCUT2D eigenvalue weighted by Crippen LogP contribution is 2.24. The van der Waals surface area contributed by atoms with Gasteiger partial charge in [0.2, 0.25) is 10.0 Å². The normalized spacial score (nSPS) is 11.7. The van der Waals surface area contributed by atoms with E-state index in [0.717, 1.165) is 17.5 Å². The lowest BCUT2D eigenvalue weighted by atomic mass is 10.2. The Kier molecular flexibility index (Phi) is 5.07. The molecule has 0 fully saturated rings. The zero-order chi connectivity index (χ0) is 15.5. The van der Waals surface area contributed by atoms with Crippen LogP contribution in [-0.2, 0) is 19.6 Å². The standard InChI is InChI=1S/C12H17FN2O4S/c1-4-15(7-11(16)19-3)20(17,18)10-6-9(14)5-8(2)12(10)13/h5-6H,4,7,14H2,1-3H3. The van der Waals surface area contributed by atoms with Crippen LogP contribution in [0.2, 0.25) is 0 Å². The number of nitrogen functional groups attached to an aromatic ring is 1. The minimum atomic E-state index is -4.15. The lowest BCUT2D eigenvalue weighted by Crippen LogP contribution is -2.36. The highest BCUT2D eigenvalue weighted by atomic mass is 32.2. The van der Waals surface area contributed by atoms with E-state index >= 15 is 0 Å². The van der Waals surface area contributed by atoms with Gasteiger partial charge in [0.1, 0.15) is 17.3 Å². The number of benzene rings is 1. The molecule has 0 amide bonds. The van der Waals surface area contributed by atoms with E-state index in [2.05, 4.69) is 4.74 Å². The monoisotopic (exact) mass is 304 g/mol. The Labute approximate surface area is 117 Å². The molecule has 1 aromatic rings. The van der Waals surface area contributed by atoms with Crippen molar-refractivity contribution in [3.8, 4) is 0 Å². The van der Waals surface area contributed by atoms with Gasteiger partial charge in [0, 0.05) is 12.2 Å². The summed E-state index contributed by atoms with van der Waals surface area (Å²) in [6, 6.07) is 2.38. The number of esters is 1. The van der Waals surface area contributed by atoms with Gasteiger partial charge in [-0.15, -0.1) is 0 Å². The number of nitrogens with two attached hydrogens (primary N) is 1. The number of methoxy groups -OCH3 is 1. The number of ether oxygens (including phenoxy) is 1. The Bertz CT molecular complexity index is 616. The van der Waals surface area contributed by atoms with Gasteiger partial charge in [0.05, 0.1) is 7.11 Å². The van der Waals surface area contributed by atoms with E-state index in [-0.39, 0.29) is 17.8 Å². The number of likely N-dealkylation sites (N-methyl/N-ethyl adjacent to an activating group) is 1. The van der Waals surface area contributed by atoms with Crippen LogP contribution in [0.15, 0.2) is 17.0 Å². The summed E-state index contributed by atoms with van der Waals surface area (Å²) in [5, 5.41) is 0. The van der Waals surface area contributed by atoms with E-state index in [1.165, 1.54) is 19.9 Å². The van der Waals surface area contributed by atoms with Crippen LogP contribution in [0.4, 0.5) is 10.1 Å². The van der Waals surface area contributed by atoms with Gasteiger partial charge in [0.25, 0.3) is 0 Å². The van der Waals surface area contributed by atoms with Gasteiger partial charge in [-0.2, -0.15) is 4.31 Å². The van der Waals surface area contributed by atoms with Crippen molar-refractivity contribution in [1.82, 2.24) is 4.31 Å². The van der Waals surface area contributed by atoms with Gasteiger partial charge in [0.15, 0.2) is 0 Å². The third kappa shape index (κ3) is 3.26. The summed E-state index contributed by atoms with van der Waals surface area (Å²) in [5.74, 6) is -1.60. The van der Waals surface area contributed by atoms with E-state index in [1.54, 1.807) is 0 Å². The van der Waals surface area contributed by atoms with Crippen LogP contribution in [0.5, 0.6) is 0 Å². The van der Waals surface area contributed by atoms with Gasteiger partial charge < -0.3 is 10.5 Å². The Morgan fingerprint density at radius 2 is 2.05 bits per heavy atom. The number of sulfonamides is 1. The summed E-state index contributed by atoms with van der Waals surface area (Å²) in [6.45, 7) is 2.48. The molecule has 0 bridgehead atoms. The molecule has 0 aliphatic rings. The molecular formula is C12H17FN2O4S. The Morgan fingerprint density at radius 1 is 1.45 bits per heavy atom. The van der Waals surface area contributed by atoms with E-state index in [4.69, 9.17) is 5.73 Å². The number of carbonyl (C=O) groups is 1. The number of rotatable bonds is 5. The Hall–Kier alpha value is -1.67. The molecule has 0 aromatic heterocycles. The van der Waals surface area contributed by atoms with Crippen LogP contribution in [0, 0.1) is 12.7 Å². The molecule has 20 heavy (non-hydrogen) atoms. The lowest BCUT2D eigenvalue weighted by Gasteiger charge is -2.20. The molecule has 6 nitrogen and oxygen atoms in total. The summed E-state index contributed by atoms with van der Waals surface area (Å²) in [6.07, 6.45) is 0. The molecule has 1 aromatic carbocycles. The Balaban J connectivity index is 3.31. The predicted octanol–water partition coefficient (Wildman–Crippen LogP) is 0.900. The largest absolute Gasteiger partial charge is 0.468 e. The third-order valence-electron chi connectivity index (χ3n) is 2.75. The first-order chi connectivity index (χ1) is 9.23. The number of carbonyl (C=O) groups excluding carboxylic acids is 1.